The minimum atomic E-state index is 0.726. The van der Waals surface area contributed by atoms with Gasteiger partial charge in [-0.3, -0.25) is 14.9 Å². The van der Waals surface area contributed by atoms with E-state index in [0.717, 1.165) is 44.8 Å². The number of aromatic nitrogens is 2. The summed E-state index contributed by atoms with van der Waals surface area (Å²) in [6.45, 7) is 3.65. The van der Waals surface area contributed by atoms with Gasteiger partial charge < -0.3 is 4.74 Å². The van der Waals surface area contributed by atoms with Gasteiger partial charge in [0, 0.05) is 44.4 Å². The van der Waals surface area contributed by atoms with Crippen LogP contribution in [0.1, 0.15) is 17.5 Å². The Labute approximate surface area is 155 Å². The fourth-order valence-corrected chi connectivity index (χ4v) is 2.84. The predicted molar refractivity (Wildman–Crippen MR) is 104 cm³/mol. The monoisotopic (exact) mass is 347 g/mol. The van der Waals surface area contributed by atoms with Gasteiger partial charge in [-0.25, -0.2) is 0 Å². The molecule has 0 fully saturated rings. The van der Waals surface area contributed by atoms with Crippen LogP contribution in [0.4, 0.5) is 0 Å². The molecule has 4 nitrogen and oxygen atoms in total. The summed E-state index contributed by atoms with van der Waals surface area (Å²) in [6.07, 6.45) is 9.47. The second-order valence-electron chi connectivity index (χ2n) is 6.26. The number of hydrogen-bond acceptors (Lipinski definition) is 4. The minimum absolute atomic E-state index is 0.726. The van der Waals surface area contributed by atoms with E-state index in [1.807, 2.05) is 61.2 Å². The SMILES string of the molecule is c1ccc(OCCCN(CCc2cccnc2)Cc2ccncc2)cc1. The van der Waals surface area contributed by atoms with Crippen LogP contribution in [0.5, 0.6) is 5.75 Å². The van der Waals surface area contributed by atoms with Crippen LogP contribution in [0.2, 0.25) is 0 Å². The molecule has 0 atom stereocenters. The van der Waals surface area contributed by atoms with E-state index in [9.17, 15) is 0 Å². The topological polar surface area (TPSA) is 38.2 Å². The lowest BCUT2D eigenvalue weighted by molar-refractivity contribution is 0.229. The first-order valence-corrected chi connectivity index (χ1v) is 9.08. The molecule has 0 N–H and O–H groups in total. The Morgan fingerprint density at radius 2 is 1.62 bits per heavy atom. The Bertz CT molecular complexity index is 735. The van der Waals surface area contributed by atoms with Crippen molar-refractivity contribution < 1.29 is 4.74 Å². The van der Waals surface area contributed by atoms with Crippen molar-refractivity contribution in [2.24, 2.45) is 0 Å². The molecule has 1 aromatic carbocycles. The number of para-hydroxylation sites is 1. The van der Waals surface area contributed by atoms with Gasteiger partial charge in [-0.05, 0) is 54.3 Å². The van der Waals surface area contributed by atoms with Crippen molar-refractivity contribution in [2.75, 3.05) is 19.7 Å². The van der Waals surface area contributed by atoms with E-state index in [0.29, 0.717) is 0 Å². The summed E-state index contributed by atoms with van der Waals surface area (Å²) in [5, 5.41) is 0. The Morgan fingerprint density at radius 3 is 2.38 bits per heavy atom. The second kappa shape index (κ2) is 10.3. The molecule has 0 aliphatic carbocycles. The molecule has 4 heteroatoms. The average molecular weight is 347 g/mol. The summed E-state index contributed by atoms with van der Waals surface area (Å²) in [5.74, 6) is 0.934. The summed E-state index contributed by atoms with van der Waals surface area (Å²) >= 11 is 0. The van der Waals surface area contributed by atoms with Crippen LogP contribution >= 0.6 is 0 Å². The summed E-state index contributed by atoms with van der Waals surface area (Å²) in [5.41, 5.74) is 2.56. The summed E-state index contributed by atoms with van der Waals surface area (Å²) in [4.78, 5) is 10.8. The highest BCUT2D eigenvalue weighted by atomic mass is 16.5. The van der Waals surface area contributed by atoms with Gasteiger partial charge in [0.25, 0.3) is 0 Å². The second-order valence-corrected chi connectivity index (χ2v) is 6.26. The molecule has 26 heavy (non-hydrogen) atoms. The molecule has 0 unspecified atom stereocenters. The van der Waals surface area contributed by atoms with Crippen LogP contribution in [0.25, 0.3) is 0 Å². The van der Waals surface area contributed by atoms with E-state index in [4.69, 9.17) is 4.74 Å². The molecule has 3 rings (SSSR count). The lowest BCUT2D eigenvalue weighted by Crippen LogP contribution is -2.28. The van der Waals surface area contributed by atoms with Crippen LogP contribution < -0.4 is 4.74 Å². The van der Waals surface area contributed by atoms with Crippen molar-refractivity contribution in [1.82, 2.24) is 14.9 Å². The molecule has 0 amide bonds. The number of benzene rings is 1. The fourth-order valence-electron chi connectivity index (χ4n) is 2.84. The first kappa shape index (κ1) is 18.1. The van der Waals surface area contributed by atoms with Gasteiger partial charge in [0.1, 0.15) is 5.75 Å². The fraction of sp³-hybridized carbons (Fsp3) is 0.273. The zero-order valence-electron chi connectivity index (χ0n) is 15.0. The molecule has 0 radical (unpaired) electrons. The minimum Gasteiger partial charge on any atom is -0.494 e. The maximum Gasteiger partial charge on any atom is 0.119 e. The molecule has 2 aromatic heterocycles. The lowest BCUT2D eigenvalue weighted by atomic mass is 10.2. The number of pyridine rings is 2. The van der Waals surface area contributed by atoms with E-state index in [2.05, 4.69) is 33.1 Å². The Balaban J connectivity index is 1.50. The van der Waals surface area contributed by atoms with E-state index in [-0.39, 0.29) is 0 Å². The molecule has 0 saturated carbocycles. The number of nitrogens with zero attached hydrogens (tertiary/aromatic N) is 3. The van der Waals surface area contributed by atoms with Crippen molar-refractivity contribution in [1.29, 1.82) is 0 Å². The summed E-state index contributed by atoms with van der Waals surface area (Å²) < 4.78 is 5.82. The molecular formula is C22H25N3O. The standard InChI is InChI=1S/C22H25N3O/c1-2-7-22(8-3-1)26-17-5-15-25(19-21-9-13-23-14-10-21)16-11-20-6-4-12-24-18-20/h1-4,6-10,12-14,18H,5,11,15-17,19H2. The molecule has 2 heterocycles. The van der Waals surface area contributed by atoms with Gasteiger partial charge in [-0.1, -0.05) is 24.3 Å². The van der Waals surface area contributed by atoms with E-state index in [1.165, 1.54) is 11.1 Å². The number of hydrogen-bond donors (Lipinski definition) is 0. The van der Waals surface area contributed by atoms with E-state index >= 15 is 0 Å². The zero-order chi connectivity index (χ0) is 17.9. The maximum absolute atomic E-state index is 5.82. The maximum atomic E-state index is 5.82. The number of rotatable bonds is 10. The van der Waals surface area contributed by atoms with Crippen molar-refractivity contribution in [3.05, 3.63) is 90.5 Å². The van der Waals surface area contributed by atoms with Crippen LogP contribution in [-0.2, 0) is 13.0 Å². The molecule has 0 spiro atoms. The van der Waals surface area contributed by atoms with E-state index in [1.54, 1.807) is 0 Å². The highest BCUT2D eigenvalue weighted by Gasteiger charge is 2.07. The Hall–Kier alpha value is -2.72. The van der Waals surface area contributed by atoms with Crippen molar-refractivity contribution >= 4 is 0 Å². The Kier molecular flexibility index (Phi) is 7.17. The highest BCUT2D eigenvalue weighted by Crippen LogP contribution is 2.10. The van der Waals surface area contributed by atoms with Gasteiger partial charge in [-0.2, -0.15) is 0 Å². The van der Waals surface area contributed by atoms with Crippen LogP contribution in [-0.4, -0.2) is 34.6 Å². The van der Waals surface area contributed by atoms with Gasteiger partial charge >= 0.3 is 0 Å². The zero-order valence-corrected chi connectivity index (χ0v) is 15.0. The molecule has 3 aromatic rings. The first-order chi connectivity index (χ1) is 12.9. The largest absolute Gasteiger partial charge is 0.494 e. The lowest BCUT2D eigenvalue weighted by Gasteiger charge is -2.22. The highest BCUT2D eigenvalue weighted by molar-refractivity contribution is 5.20. The first-order valence-electron chi connectivity index (χ1n) is 9.08. The smallest absolute Gasteiger partial charge is 0.119 e. The van der Waals surface area contributed by atoms with Gasteiger partial charge in [0.05, 0.1) is 6.61 Å². The van der Waals surface area contributed by atoms with Crippen LogP contribution in [0, 0.1) is 0 Å². The molecule has 0 aliphatic rings. The Morgan fingerprint density at radius 1 is 0.769 bits per heavy atom. The quantitative estimate of drug-likeness (QED) is 0.520. The van der Waals surface area contributed by atoms with Gasteiger partial charge in [0.2, 0.25) is 0 Å². The van der Waals surface area contributed by atoms with Crippen molar-refractivity contribution in [2.45, 2.75) is 19.4 Å². The third-order valence-electron chi connectivity index (χ3n) is 4.23. The predicted octanol–water partition coefficient (Wildman–Crippen LogP) is 3.99. The molecule has 134 valence electrons. The molecule has 0 aliphatic heterocycles. The van der Waals surface area contributed by atoms with Gasteiger partial charge in [0.15, 0.2) is 0 Å². The van der Waals surface area contributed by atoms with E-state index < -0.39 is 0 Å². The van der Waals surface area contributed by atoms with Crippen molar-refractivity contribution in [3.63, 3.8) is 0 Å². The molecule has 0 saturated heterocycles. The molecule has 0 bridgehead atoms. The average Bonchev–Trinajstić information content (AvgIpc) is 2.71. The van der Waals surface area contributed by atoms with Crippen LogP contribution in [0.3, 0.4) is 0 Å². The summed E-state index contributed by atoms with van der Waals surface area (Å²) in [6, 6.07) is 18.3. The van der Waals surface area contributed by atoms with Crippen molar-refractivity contribution in [3.8, 4) is 5.75 Å². The molecular weight excluding hydrogens is 322 g/mol. The summed E-state index contributed by atoms with van der Waals surface area (Å²) in [7, 11) is 0. The third kappa shape index (κ3) is 6.30. The third-order valence-corrected chi connectivity index (χ3v) is 4.23. The normalized spacial score (nSPS) is 10.8. The van der Waals surface area contributed by atoms with Crippen LogP contribution in [0.15, 0.2) is 79.4 Å². The van der Waals surface area contributed by atoms with Gasteiger partial charge in [-0.15, -0.1) is 0 Å². The number of ether oxygens (including phenoxy) is 1.